The lowest BCUT2D eigenvalue weighted by Gasteiger charge is -2.07. The van der Waals surface area contributed by atoms with Crippen molar-refractivity contribution in [1.82, 2.24) is 9.97 Å². The van der Waals surface area contributed by atoms with Crippen LogP contribution >= 0.6 is 34.4 Å². The highest BCUT2D eigenvalue weighted by Gasteiger charge is 2.10. The molecule has 0 amide bonds. The molecule has 0 spiro atoms. The van der Waals surface area contributed by atoms with Crippen molar-refractivity contribution in [3.8, 4) is 21.8 Å². The Balaban J connectivity index is 1.57. The Hall–Kier alpha value is -2.15. The van der Waals surface area contributed by atoms with Crippen molar-refractivity contribution in [2.45, 2.75) is 4.90 Å². The van der Waals surface area contributed by atoms with Gasteiger partial charge in [-0.1, -0.05) is 18.2 Å². The summed E-state index contributed by atoms with van der Waals surface area (Å²) in [7, 11) is 0. The summed E-state index contributed by atoms with van der Waals surface area (Å²) in [5.41, 5.74) is 4.22. The minimum absolute atomic E-state index is 0.907. The molecule has 1 aromatic carbocycles. The number of hydrogen-bond acceptors (Lipinski definition) is 6. The lowest BCUT2D eigenvalue weighted by Crippen LogP contribution is -1.91. The molecule has 0 unspecified atom stereocenters. The molecule has 0 saturated heterocycles. The van der Waals surface area contributed by atoms with Gasteiger partial charge < -0.3 is 5.32 Å². The monoisotopic (exact) mass is 381 g/mol. The molecule has 0 radical (unpaired) electrons. The smallest absolute Gasteiger partial charge is 0.187 e. The van der Waals surface area contributed by atoms with E-state index in [1.165, 1.54) is 4.90 Å². The Bertz CT molecular complexity index is 976. The van der Waals surface area contributed by atoms with Gasteiger partial charge >= 0.3 is 0 Å². The van der Waals surface area contributed by atoms with Crippen molar-refractivity contribution < 1.29 is 0 Å². The molecule has 0 aliphatic carbocycles. The zero-order chi connectivity index (χ0) is 17.1. The first-order chi connectivity index (χ1) is 12.3. The molecule has 0 saturated carbocycles. The molecule has 0 fully saturated rings. The number of thioether (sulfide) groups is 1. The summed E-state index contributed by atoms with van der Waals surface area (Å²) >= 11 is 5.05. The summed E-state index contributed by atoms with van der Waals surface area (Å²) in [6, 6.07) is 16.4. The van der Waals surface area contributed by atoms with Gasteiger partial charge in [-0.25, -0.2) is 4.98 Å². The standard InChI is InChI=1S/C19H15N3S3/c1-23-17-8-3-2-7-15(17)21-19-22-16(12-25-19)18-10-13(11-24-18)14-6-4-5-9-20-14/h2-12H,1H3,(H,21,22). The first-order valence-electron chi connectivity index (χ1n) is 7.69. The van der Waals surface area contributed by atoms with E-state index in [2.05, 4.69) is 51.6 Å². The van der Waals surface area contributed by atoms with Crippen molar-refractivity contribution in [1.29, 1.82) is 0 Å². The Morgan fingerprint density at radius 3 is 2.68 bits per heavy atom. The van der Waals surface area contributed by atoms with Crippen LogP contribution in [-0.2, 0) is 0 Å². The molecule has 0 aliphatic rings. The van der Waals surface area contributed by atoms with Crippen LogP contribution in [0.2, 0.25) is 0 Å². The maximum absolute atomic E-state index is 4.75. The Labute approximate surface area is 158 Å². The normalized spacial score (nSPS) is 10.8. The van der Waals surface area contributed by atoms with Gasteiger partial charge in [0.15, 0.2) is 5.13 Å². The van der Waals surface area contributed by atoms with Crippen molar-refractivity contribution in [2.24, 2.45) is 0 Å². The maximum atomic E-state index is 4.75. The van der Waals surface area contributed by atoms with E-state index >= 15 is 0 Å². The number of aromatic nitrogens is 2. The van der Waals surface area contributed by atoms with Gasteiger partial charge in [-0.15, -0.1) is 34.4 Å². The third-order valence-electron chi connectivity index (χ3n) is 3.67. The highest BCUT2D eigenvalue weighted by atomic mass is 32.2. The molecule has 0 atom stereocenters. The molecule has 3 aromatic heterocycles. The average Bonchev–Trinajstić information content (AvgIpc) is 3.32. The maximum Gasteiger partial charge on any atom is 0.187 e. The number of rotatable bonds is 5. The number of nitrogens with one attached hydrogen (secondary N) is 1. The molecule has 0 aliphatic heterocycles. The summed E-state index contributed by atoms with van der Waals surface area (Å²) in [5.74, 6) is 0. The van der Waals surface area contributed by atoms with E-state index in [9.17, 15) is 0 Å². The SMILES string of the molecule is CSc1ccccc1Nc1nc(-c2cc(-c3ccccn3)cs2)cs1. The molecule has 1 N–H and O–H groups in total. The number of anilines is 2. The van der Waals surface area contributed by atoms with Gasteiger partial charge in [0, 0.05) is 27.4 Å². The molecule has 25 heavy (non-hydrogen) atoms. The molecule has 0 bridgehead atoms. The zero-order valence-corrected chi connectivity index (χ0v) is 15.9. The fourth-order valence-electron chi connectivity index (χ4n) is 2.45. The number of nitrogens with zero attached hydrogens (tertiary/aromatic N) is 2. The molecule has 4 rings (SSSR count). The summed E-state index contributed by atoms with van der Waals surface area (Å²) in [6.07, 6.45) is 3.90. The molecule has 3 heterocycles. The van der Waals surface area contributed by atoms with Crippen molar-refractivity contribution in [3.63, 3.8) is 0 Å². The largest absolute Gasteiger partial charge is 0.331 e. The van der Waals surface area contributed by atoms with E-state index in [1.54, 1.807) is 34.4 Å². The summed E-state index contributed by atoms with van der Waals surface area (Å²) in [5, 5.41) is 8.57. The first-order valence-corrected chi connectivity index (χ1v) is 10.7. The topological polar surface area (TPSA) is 37.8 Å². The van der Waals surface area contributed by atoms with Crippen LogP contribution in [0.5, 0.6) is 0 Å². The van der Waals surface area contributed by atoms with Gasteiger partial charge in [0.05, 0.1) is 22.0 Å². The Morgan fingerprint density at radius 2 is 1.84 bits per heavy atom. The molecule has 124 valence electrons. The minimum atomic E-state index is 0.907. The van der Waals surface area contributed by atoms with E-state index in [1.807, 2.05) is 30.5 Å². The molecule has 6 heteroatoms. The molecule has 3 nitrogen and oxygen atoms in total. The van der Waals surface area contributed by atoms with E-state index < -0.39 is 0 Å². The van der Waals surface area contributed by atoms with E-state index in [0.717, 1.165) is 32.6 Å². The number of hydrogen-bond donors (Lipinski definition) is 1. The van der Waals surface area contributed by atoms with Gasteiger partial charge in [0.1, 0.15) is 0 Å². The third-order valence-corrected chi connectivity index (χ3v) is 6.17. The first kappa shape index (κ1) is 16.3. The molecule has 4 aromatic rings. The second kappa shape index (κ2) is 7.39. The predicted octanol–water partition coefficient (Wildman–Crippen LogP) is 6.40. The highest BCUT2D eigenvalue weighted by Crippen LogP contribution is 2.35. The highest BCUT2D eigenvalue weighted by molar-refractivity contribution is 7.98. The second-order valence-electron chi connectivity index (χ2n) is 5.28. The van der Waals surface area contributed by atoms with Crippen molar-refractivity contribution in [2.75, 3.05) is 11.6 Å². The predicted molar refractivity (Wildman–Crippen MR) is 110 cm³/mol. The minimum Gasteiger partial charge on any atom is -0.331 e. The number of thiophene rings is 1. The van der Waals surface area contributed by atoms with Gasteiger partial charge in [-0.05, 0) is 36.6 Å². The average molecular weight is 382 g/mol. The van der Waals surface area contributed by atoms with E-state index in [0.29, 0.717) is 0 Å². The number of thiazole rings is 1. The summed E-state index contributed by atoms with van der Waals surface area (Å²) in [4.78, 5) is 11.5. The Morgan fingerprint density at radius 1 is 0.960 bits per heavy atom. The quantitative estimate of drug-likeness (QED) is 0.406. The van der Waals surface area contributed by atoms with Crippen molar-refractivity contribution in [3.05, 3.63) is 65.5 Å². The van der Waals surface area contributed by atoms with Gasteiger partial charge in [0.25, 0.3) is 0 Å². The third kappa shape index (κ3) is 3.61. The van der Waals surface area contributed by atoms with Gasteiger partial charge in [-0.2, -0.15) is 0 Å². The Kier molecular flexibility index (Phi) is 4.83. The van der Waals surface area contributed by atoms with Crippen LogP contribution in [0.15, 0.2) is 70.4 Å². The fourth-order valence-corrected chi connectivity index (χ4v) is 4.66. The van der Waals surface area contributed by atoms with Crippen LogP contribution in [-0.4, -0.2) is 16.2 Å². The fraction of sp³-hybridized carbons (Fsp3) is 0.0526. The van der Waals surface area contributed by atoms with Crippen LogP contribution in [0.3, 0.4) is 0 Å². The molecular weight excluding hydrogens is 366 g/mol. The zero-order valence-electron chi connectivity index (χ0n) is 13.5. The van der Waals surface area contributed by atoms with Crippen molar-refractivity contribution >= 4 is 45.3 Å². The summed E-state index contributed by atoms with van der Waals surface area (Å²) < 4.78 is 0. The van der Waals surface area contributed by atoms with Crippen LogP contribution in [0, 0.1) is 0 Å². The van der Waals surface area contributed by atoms with Crippen LogP contribution in [0.25, 0.3) is 21.8 Å². The van der Waals surface area contributed by atoms with Gasteiger partial charge in [-0.3, -0.25) is 4.98 Å². The van der Waals surface area contributed by atoms with Crippen LogP contribution in [0.4, 0.5) is 10.8 Å². The van der Waals surface area contributed by atoms with Gasteiger partial charge in [0.2, 0.25) is 0 Å². The number of para-hydroxylation sites is 1. The number of benzene rings is 1. The van der Waals surface area contributed by atoms with Crippen LogP contribution in [0.1, 0.15) is 0 Å². The lowest BCUT2D eigenvalue weighted by atomic mass is 10.2. The molecular formula is C19H15N3S3. The summed E-state index contributed by atoms with van der Waals surface area (Å²) in [6.45, 7) is 0. The van der Waals surface area contributed by atoms with E-state index in [-0.39, 0.29) is 0 Å². The van der Waals surface area contributed by atoms with Crippen LogP contribution < -0.4 is 5.32 Å². The lowest BCUT2D eigenvalue weighted by molar-refractivity contribution is 1.33. The van der Waals surface area contributed by atoms with E-state index in [4.69, 9.17) is 4.98 Å². The second-order valence-corrected chi connectivity index (χ2v) is 7.90. The number of pyridine rings is 1.